The van der Waals surface area contributed by atoms with Gasteiger partial charge in [-0.05, 0) is 61.2 Å². The maximum absolute atomic E-state index is 13.4. The van der Waals surface area contributed by atoms with Gasteiger partial charge in [0.15, 0.2) is 0 Å². The number of pyridine rings is 1. The zero-order valence-electron chi connectivity index (χ0n) is 12.4. The number of aryl methyl sites for hydroxylation is 1. The van der Waals surface area contributed by atoms with Crippen molar-refractivity contribution in [2.45, 2.75) is 32.7 Å². The van der Waals surface area contributed by atoms with E-state index in [1.165, 1.54) is 12.1 Å². The van der Waals surface area contributed by atoms with Crippen LogP contribution in [0.1, 0.15) is 36.1 Å². The number of nitrogens with zero attached hydrogens (tertiary/aromatic N) is 1. The molecular weight excluding hydrogens is 287 g/mol. The van der Waals surface area contributed by atoms with Crippen molar-refractivity contribution in [2.24, 2.45) is 0 Å². The second-order valence-corrected chi connectivity index (χ2v) is 5.65. The Balaban J connectivity index is 2.25. The summed E-state index contributed by atoms with van der Waals surface area (Å²) in [5, 5.41) is 4.08. The summed E-state index contributed by atoms with van der Waals surface area (Å²) in [4.78, 5) is 4.25. The SMILES string of the molecule is CCCNC(Cc1cc(F)ccc1Cl)c1cncc(C)c1. The summed E-state index contributed by atoms with van der Waals surface area (Å²) in [6, 6.07) is 6.68. The first-order chi connectivity index (χ1) is 10.1. The van der Waals surface area contributed by atoms with Crippen molar-refractivity contribution < 1.29 is 4.39 Å². The minimum absolute atomic E-state index is 0.0802. The van der Waals surface area contributed by atoms with E-state index in [2.05, 4.69) is 23.3 Å². The van der Waals surface area contributed by atoms with Crippen LogP contribution in [0.5, 0.6) is 0 Å². The van der Waals surface area contributed by atoms with Gasteiger partial charge in [0, 0.05) is 23.5 Å². The van der Waals surface area contributed by atoms with E-state index in [1.807, 2.05) is 19.3 Å². The Hall–Kier alpha value is -1.45. The minimum atomic E-state index is -0.258. The van der Waals surface area contributed by atoms with Crippen LogP contribution >= 0.6 is 11.6 Å². The quantitative estimate of drug-likeness (QED) is 0.852. The van der Waals surface area contributed by atoms with Crippen LogP contribution in [0.4, 0.5) is 4.39 Å². The Kier molecular flexibility index (Phi) is 5.71. The number of halogens is 2. The first-order valence-electron chi connectivity index (χ1n) is 7.19. The van der Waals surface area contributed by atoms with E-state index in [-0.39, 0.29) is 11.9 Å². The molecule has 1 aromatic carbocycles. The third-order valence-corrected chi connectivity index (χ3v) is 3.74. The van der Waals surface area contributed by atoms with Gasteiger partial charge < -0.3 is 5.32 Å². The molecule has 112 valence electrons. The third-order valence-electron chi connectivity index (χ3n) is 3.37. The number of hydrogen-bond donors (Lipinski definition) is 1. The Morgan fingerprint density at radius 3 is 2.81 bits per heavy atom. The molecule has 0 aliphatic rings. The van der Waals surface area contributed by atoms with Crippen LogP contribution in [-0.4, -0.2) is 11.5 Å². The van der Waals surface area contributed by atoms with Gasteiger partial charge in [-0.1, -0.05) is 24.6 Å². The number of aromatic nitrogens is 1. The summed E-state index contributed by atoms with van der Waals surface area (Å²) >= 11 is 6.18. The summed E-state index contributed by atoms with van der Waals surface area (Å²) in [6.45, 7) is 5.03. The molecule has 4 heteroatoms. The van der Waals surface area contributed by atoms with Crippen LogP contribution < -0.4 is 5.32 Å². The summed E-state index contributed by atoms with van der Waals surface area (Å²) in [5.74, 6) is -0.258. The standard InChI is InChI=1S/C17H20ClFN2/c1-3-6-21-17(14-7-12(2)10-20-11-14)9-13-8-15(19)4-5-16(13)18/h4-5,7-8,10-11,17,21H,3,6,9H2,1-2H3. The number of hydrogen-bond acceptors (Lipinski definition) is 2. The molecular formula is C17H20ClFN2. The van der Waals surface area contributed by atoms with Gasteiger partial charge in [-0.25, -0.2) is 4.39 Å². The summed E-state index contributed by atoms with van der Waals surface area (Å²) in [7, 11) is 0. The van der Waals surface area contributed by atoms with Crippen LogP contribution in [-0.2, 0) is 6.42 Å². The smallest absolute Gasteiger partial charge is 0.123 e. The van der Waals surface area contributed by atoms with E-state index in [4.69, 9.17) is 11.6 Å². The lowest BCUT2D eigenvalue weighted by Crippen LogP contribution is -2.24. The Labute approximate surface area is 130 Å². The lowest BCUT2D eigenvalue weighted by molar-refractivity contribution is 0.525. The predicted octanol–water partition coefficient (Wildman–Crippen LogP) is 4.47. The van der Waals surface area contributed by atoms with Gasteiger partial charge in [0.25, 0.3) is 0 Å². The molecule has 0 saturated heterocycles. The van der Waals surface area contributed by atoms with E-state index in [9.17, 15) is 4.39 Å². The van der Waals surface area contributed by atoms with Crippen LogP contribution in [0, 0.1) is 12.7 Å². The van der Waals surface area contributed by atoms with Crippen molar-refractivity contribution in [2.75, 3.05) is 6.54 Å². The van der Waals surface area contributed by atoms with Crippen molar-refractivity contribution in [1.29, 1.82) is 0 Å². The van der Waals surface area contributed by atoms with E-state index >= 15 is 0 Å². The van der Waals surface area contributed by atoms with E-state index in [0.717, 1.165) is 29.7 Å². The molecule has 1 N–H and O–H groups in total. The third kappa shape index (κ3) is 4.51. The molecule has 0 amide bonds. The van der Waals surface area contributed by atoms with Crippen molar-refractivity contribution in [3.05, 3.63) is 64.2 Å². The van der Waals surface area contributed by atoms with Gasteiger partial charge in [0.05, 0.1) is 0 Å². The normalized spacial score (nSPS) is 12.4. The predicted molar refractivity (Wildman–Crippen MR) is 85.1 cm³/mol. The molecule has 0 aliphatic heterocycles. The van der Waals surface area contributed by atoms with Crippen molar-refractivity contribution >= 4 is 11.6 Å². The molecule has 1 aromatic heterocycles. The Morgan fingerprint density at radius 1 is 1.29 bits per heavy atom. The Morgan fingerprint density at radius 2 is 2.10 bits per heavy atom. The molecule has 2 rings (SSSR count). The molecule has 0 radical (unpaired) electrons. The number of nitrogens with one attached hydrogen (secondary N) is 1. The molecule has 2 nitrogen and oxygen atoms in total. The van der Waals surface area contributed by atoms with Crippen molar-refractivity contribution in [1.82, 2.24) is 10.3 Å². The van der Waals surface area contributed by atoms with Gasteiger partial charge in [0.1, 0.15) is 5.82 Å². The molecule has 0 spiro atoms. The molecule has 0 fully saturated rings. The van der Waals surface area contributed by atoms with Gasteiger partial charge in [-0.3, -0.25) is 4.98 Å². The van der Waals surface area contributed by atoms with Gasteiger partial charge in [0.2, 0.25) is 0 Å². The lowest BCUT2D eigenvalue weighted by Gasteiger charge is -2.20. The van der Waals surface area contributed by atoms with E-state index in [1.54, 1.807) is 6.07 Å². The monoisotopic (exact) mass is 306 g/mol. The molecule has 1 heterocycles. The fourth-order valence-electron chi connectivity index (χ4n) is 2.31. The van der Waals surface area contributed by atoms with Crippen LogP contribution in [0.15, 0.2) is 36.7 Å². The van der Waals surface area contributed by atoms with Crippen molar-refractivity contribution in [3.8, 4) is 0 Å². The van der Waals surface area contributed by atoms with Crippen LogP contribution in [0.3, 0.4) is 0 Å². The first kappa shape index (κ1) is 15.9. The average molecular weight is 307 g/mol. The molecule has 2 aromatic rings. The fourth-order valence-corrected chi connectivity index (χ4v) is 2.51. The van der Waals surface area contributed by atoms with Gasteiger partial charge >= 0.3 is 0 Å². The van der Waals surface area contributed by atoms with E-state index < -0.39 is 0 Å². The van der Waals surface area contributed by atoms with Crippen molar-refractivity contribution in [3.63, 3.8) is 0 Å². The first-order valence-corrected chi connectivity index (χ1v) is 7.56. The van der Waals surface area contributed by atoms with Gasteiger partial charge in [-0.15, -0.1) is 0 Å². The van der Waals surface area contributed by atoms with E-state index in [0.29, 0.717) is 11.4 Å². The second-order valence-electron chi connectivity index (χ2n) is 5.24. The fraction of sp³-hybridized carbons (Fsp3) is 0.353. The molecule has 0 bridgehead atoms. The summed E-state index contributed by atoms with van der Waals surface area (Å²) in [6.07, 6.45) is 5.36. The van der Waals surface area contributed by atoms with Crippen LogP contribution in [0.2, 0.25) is 5.02 Å². The molecule has 0 saturated carbocycles. The zero-order valence-corrected chi connectivity index (χ0v) is 13.1. The Bertz CT molecular complexity index is 601. The second kappa shape index (κ2) is 7.53. The minimum Gasteiger partial charge on any atom is -0.310 e. The zero-order chi connectivity index (χ0) is 15.2. The maximum Gasteiger partial charge on any atom is 0.123 e. The molecule has 21 heavy (non-hydrogen) atoms. The highest BCUT2D eigenvalue weighted by Crippen LogP contribution is 2.24. The van der Waals surface area contributed by atoms with Crippen LogP contribution in [0.25, 0.3) is 0 Å². The van der Waals surface area contributed by atoms with Gasteiger partial charge in [-0.2, -0.15) is 0 Å². The largest absolute Gasteiger partial charge is 0.310 e. The maximum atomic E-state index is 13.4. The topological polar surface area (TPSA) is 24.9 Å². The lowest BCUT2D eigenvalue weighted by atomic mass is 9.99. The molecule has 1 atom stereocenters. The summed E-state index contributed by atoms with van der Waals surface area (Å²) in [5.41, 5.74) is 3.02. The number of benzene rings is 1. The summed E-state index contributed by atoms with van der Waals surface area (Å²) < 4.78 is 13.4. The molecule has 1 unspecified atom stereocenters. The highest BCUT2D eigenvalue weighted by Gasteiger charge is 2.14. The average Bonchev–Trinajstić information content (AvgIpc) is 2.47. The highest BCUT2D eigenvalue weighted by molar-refractivity contribution is 6.31. The highest BCUT2D eigenvalue weighted by atomic mass is 35.5. The molecule has 0 aliphatic carbocycles. The number of rotatable bonds is 6.